The number of ether oxygens (including phenoxy) is 2. The van der Waals surface area contributed by atoms with Gasteiger partial charge in [0.2, 0.25) is 12.7 Å². The van der Waals surface area contributed by atoms with Gasteiger partial charge in [0.1, 0.15) is 0 Å². The Balaban J connectivity index is 1.06. The molecule has 0 spiro atoms. The first-order valence-electron chi connectivity index (χ1n) is 12.2. The van der Waals surface area contributed by atoms with E-state index in [1.54, 1.807) is 0 Å². The van der Waals surface area contributed by atoms with Crippen molar-refractivity contribution in [1.29, 1.82) is 0 Å². The van der Waals surface area contributed by atoms with Gasteiger partial charge in [-0.1, -0.05) is 49.0 Å². The zero-order valence-corrected chi connectivity index (χ0v) is 21.9. The molecule has 1 saturated heterocycles. The third-order valence-corrected chi connectivity index (χ3v) is 8.51. The van der Waals surface area contributed by atoms with E-state index in [4.69, 9.17) is 9.47 Å². The van der Waals surface area contributed by atoms with Crippen LogP contribution in [0, 0.1) is 0 Å². The Hall–Kier alpha value is -2.88. The van der Waals surface area contributed by atoms with E-state index in [0.29, 0.717) is 25.3 Å². The van der Waals surface area contributed by atoms with Crippen molar-refractivity contribution in [2.45, 2.75) is 30.6 Å². The summed E-state index contributed by atoms with van der Waals surface area (Å²) in [5, 5.41) is 1.93. The monoisotopic (exact) mass is 523 g/mol. The van der Waals surface area contributed by atoms with Gasteiger partial charge in [0, 0.05) is 43.7 Å². The van der Waals surface area contributed by atoms with Crippen LogP contribution in [-0.4, -0.2) is 65.2 Å². The number of ketones is 1. The van der Waals surface area contributed by atoms with Gasteiger partial charge in [-0.05, 0) is 29.7 Å². The van der Waals surface area contributed by atoms with Gasteiger partial charge in [0.25, 0.3) is 0 Å². The Labute approximate surface area is 219 Å². The Kier molecular flexibility index (Phi) is 7.89. The fourth-order valence-corrected chi connectivity index (χ4v) is 6.03. The number of carbonyl (C=O) groups excluding carboxylic acids is 2. The van der Waals surface area contributed by atoms with Crippen molar-refractivity contribution in [3.8, 4) is 11.5 Å². The zero-order chi connectivity index (χ0) is 24.9. The Morgan fingerprint density at radius 1 is 1.00 bits per heavy atom. The van der Waals surface area contributed by atoms with E-state index < -0.39 is 0 Å². The number of piperazine rings is 1. The van der Waals surface area contributed by atoms with E-state index >= 15 is 0 Å². The average Bonchev–Trinajstić information content (AvgIpc) is 3.56. The molecule has 0 aliphatic carbocycles. The number of carbonyl (C=O) groups is 2. The Morgan fingerprint density at radius 3 is 2.53 bits per heavy atom. The summed E-state index contributed by atoms with van der Waals surface area (Å²) in [7, 11) is 0. The Morgan fingerprint density at radius 2 is 1.75 bits per heavy atom. The predicted molar refractivity (Wildman–Crippen MR) is 141 cm³/mol. The van der Waals surface area contributed by atoms with Gasteiger partial charge in [-0.3, -0.25) is 14.5 Å². The molecule has 0 radical (unpaired) electrons. The highest BCUT2D eigenvalue weighted by Crippen LogP contribution is 2.33. The van der Waals surface area contributed by atoms with E-state index in [-0.39, 0.29) is 18.5 Å². The highest BCUT2D eigenvalue weighted by molar-refractivity contribution is 8.01. The van der Waals surface area contributed by atoms with Crippen molar-refractivity contribution >= 4 is 34.8 Å². The van der Waals surface area contributed by atoms with Crippen molar-refractivity contribution in [3.63, 3.8) is 0 Å². The lowest BCUT2D eigenvalue weighted by atomic mass is 10.1. The maximum atomic E-state index is 12.9. The molecule has 3 aromatic rings. The smallest absolute Gasteiger partial charge is 0.231 e. The highest BCUT2D eigenvalue weighted by Gasteiger charge is 2.23. The molecule has 9 heteroatoms. The highest BCUT2D eigenvalue weighted by atomic mass is 32.2. The first kappa shape index (κ1) is 24.8. The third kappa shape index (κ3) is 6.08. The van der Waals surface area contributed by atoms with E-state index in [2.05, 4.69) is 22.9 Å². The van der Waals surface area contributed by atoms with Crippen molar-refractivity contribution in [2.24, 2.45) is 0 Å². The van der Waals surface area contributed by atoms with Crippen LogP contribution in [0.3, 0.4) is 0 Å². The molecular formula is C27H29N3O4S2. The van der Waals surface area contributed by atoms with Crippen molar-refractivity contribution in [1.82, 2.24) is 14.8 Å². The minimum absolute atomic E-state index is 0.0918. The first-order valence-corrected chi connectivity index (χ1v) is 14.0. The van der Waals surface area contributed by atoms with Crippen LogP contribution in [0.25, 0.3) is 0 Å². The van der Waals surface area contributed by atoms with Crippen molar-refractivity contribution < 1.29 is 19.1 Å². The second-order valence-corrected chi connectivity index (χ2v) is 11.0. The molecule has 0 unspecified atom stereocenters. The van der Waals surface area contributed by atoms with E-state index in [0.717, 1.165) is 53.2 Å². The van der Waals surface area contributed by atoms with Crippen LogP contribution < -0.4 is 9.47 Å². The van der Waals surface area contributed by atoms with Gasteiger partial charge in [-0.2, -0.15) is 0 Å². The molecule has 2 aliphatic heterocycles. The molecule has 0 saturated carbocycles. The summed E-state index contributed by atoms with van der Waals surface area (Å²) in [5.41, 5.74) is 3.90. The van der Waals surface area contributed by atoms with Crippen molar-refractivity contribution in [3.05, 3.63) is 70.2 Å². The van der Waals surface area contributed by atoms with Gasteiger partial charge in [-0.15, -0.1) is 11.3 Å². The molecule has 7 nitrogen and oxygen atoms in total. The largest absolute Gasteiger partial charge is 0.454 e. The van der Waals surface area contributed by atoms with Gasteiger partial charge in [-0.25, -0.2) is 4.98 Å². The minimum atomic E-state index is 0.0918. The molecule has 3 heterocycles. The van der Waals surface area contributed by atoms with Gasteiger partial charge in [0.15, 0.2) is 21.6 Å². The minimum Gasteiger partial charge on any atom is -0.454 e. The lowest BCUT2D eigenvalue weighted by Crippen LogP contribution is -2.48. The number of thiazole rings is 1. The summed E-state index contributed by atoms with van der Waals surface area (Å²) < 4.78 is 11.7. The summed E-state index contributed by atoms with van der Waals surface area (Å²) in [6.07, 6.45) is 1.26. The number of hydrogen-bond acceptors (Lipinski definition) is 8. The lowest BCUT2D eigenvalue weighted by Gasteiger charge is -2.34. The first-order chi connectivity index (χ1) is 17.6. The number of nitrogens with zero attached hydrogens (tertiary/aromatic N) is 3. The standard InChI is InChI=1S/C27H29N3O4S2/c1-2-19-3-6-21(7-4-19)23(31)17-36-27-28-22(16-35-27)14-26(32)30-11-9-29(10-12-30)15-20-5-8-24-25(13-20)34-18-33-24/h3-8,13,16H,2,9-12,14-15,17-18H2,1H3. The molecule has 1 amide bonds. The summed E-state index contributed by atoms with van der Waals surface area (Å²) in [5.74, 6) is 2.14. The van der Waals surface area contributed by atoms with E-state index in [1.165, 1.54) is 34.2 Å². The summed E-state index contributed by atoms with van der Waals surface area (Å²) >= 11 is 2.93. The molecule has 0 N–H and O–H groups in total. The quantitative estimate of drug-likeness (QED) is 0.306. The second kappa shape index (κ2) is 11.5. The second-order valence-electron chi connectivity index (χ2n) is 8.89. The molecule has 188 valence electrons. The van der Waals surface area contributed by atoms with Crippen LogP contribution in [0.2, 0.25) is 0 Å². The SMILES string of the molecule is CCc1ccc(C(=O)CSc2nc(CC(=O)N3CCN(Cc4ccc5c(c4)OCO5)CC3)cs2)cc1. The number of aromatic nitrogens is 1. The summed E-state index contributed by atoms with van der Waals surface area (Å²) in [6, 6.07) is 13.8. The predicted octanol–water partition coefficient (Wildman–Crippen LogP) is 4.30. The number of thioether (sulfide) groups is 1. The van der Waals surface area contributed by atoms with Crippen LogP contribution in [0.15, 0.2) is 52.2 Å². The number of hydrogen-bond donors (Lipinski definition) is 0. The molecule has 2 aliphatic rings. The molecule has 2 aromatic carbocycles. The normalized spacial score (nSPS) is 15.3. The molecule has 0 bridgehead atoms. The fourth-order valence-electron chi connectivity index (χ4n) is 4.29. The van der Waals surface area contributed by atoms with Gasteiger partial charge >= 0.3 is 0 Å². The molecular weight excluding hydrogens is 494 g/mol. The number of fused-ring (bicyclic) bond motifs is 1. The van der Waals surface area contributed by atoms with Crippen LogP contribution in [0.1, 0.15) is 34.1 Å². The van der Waals surface area contributed by atoms with Gasteiger partial charge < -0.3 is 14.4 Å². The fraction of sp³-hybridized carbons (Fsp3) is 0.370. The average molecular weight is 524 g/mol. The van der Waals surface area contributed by atoms with Gasteiger partial charge in [0.05, 0.1) is 17.9 Å². The van der Waals surface area contributed by atoms with Crippen molar-refractivity contribution in [2.75, 3.05) is 38.7 Å². The molecule has 5 rings (SSSR count). The number of rotatable bonds is 9. The molecule has 1 aromatic heterocycles. The summed E-state index contributed by atoms with van der Waals surface area (Å²) in [4.78, 5) is 34.2. The number of aryl methyl sites for hydroxylation is 1. The maximum Gasteiger partial charge on any atom is 0.231 e. The lowest BCUT2D eigenvalue weighted by molar-refractivity contribution is -0.132. The van der Waals surface area contributed by atoms with Crippen LogP contribution in [0.4, 0.5) is 0 Å². The molecule has 36 heavy (non-hydrogen) atoms. The number of amides is 1. The van der Waals surface area contributed by atoms with Crippen LogP contribution >= 0.6 is 23.1 Å². The number of benzene rings is 2. The van der Waals surface area contributed by atoms with Crippen LogP contribution in [-0.2, 0) is 24.2 Å². The summed E-state index contributed by atoms with van der Waals surface area (Å²) in [6.45, 7) is 6.29. The maximum absolute atomic E-state index is 12.9. The molecule has 1 fully saturated rings. The van der Waals surface area contributed by atoms with E-state index in [1.807, 2.05) is 46.7 Å². The number of Topliss-reactive ketones (excluding diaryl/α,β-unsaturated/α-hetero) is 1. The molecule has 0 atom stereocenters. The Bertz CT molecular complexity index is 1220. The van der Waals surface area contributed by atoms with Crippen LogP contribution in [0.5, 0.6) is 11.5 Å². The third-order valence-electron chi connectivity index (χ3n) is 6.44. The topological polar surface area (TPSA) is 72.0 Å². The van der Waals surface area contributed by atoms with E-state index in [9.17, 15) is 9.59 Å². The zero-order valence-electron chi connectivity index (χ0n) is 20.3.